The molecule has 136 valence electrons. The van der Waals surface area contributed by atoms with Crippen LogP contribution in [0.3, 0.4) is 0 Å². The number of nitrogens with one attached hydrogen (secondary N) is 1. The highest BCUT2D eigenvalue weighted by molar-refractivity contribution is 6.58. The Bertz CT molecular complexity index is 798. The molecule has 3 rings (SSSR count). The third-order valence-corrected chi connectivity index (χ3v) is 4.48. The number of rotatable bonds is 5. The van der Waals surface area contributed by atoms with E-state index in [1.165, 1.54) is 0 Å². The third kappa shape index (κ3) is 3.28. The van der Waals surface area contributed by atoms with Gasteiger partial charge < -0.3 is 28.6 Å². The number of hydrogen-bond acceptors (Lipinski definition) is 2. The third-order valence-electron chi connectivity index (χ3n) is 4.48. The SMILES string of the molecule is Cc1cc(C)n2c1C=C1C=CC(CCC(=O)NCCN)=[N+]1[B-]2(F)F.Cl. The lowest BCUT2D eigenvalue weighted by molar-refractivity contribution is -0.362. The number of aromatic nitrogens is 1. The Morgan fingerprint density at radius 1 is 1.36 bits per heavy atom. The molecule has 0 unspecified atom stereocenters. The van der Waals surface area contributed by atoms with Gasteiger partial charge in [-0.3, -0.25) is 4.79 Å². The Kier molecular flexibility index (Phi) is 5.54. The van der Waals surface area contributed by atoms with E-state index < -0.39 is 6.97 Å². The van der Waals surface area contributed by atoms with Gasteiger partial charge in [-0.2, -0.15) is 0 Å². The number of halogens is 3. The van der Waals surface area contributed by atoms with Gasteiger partial charge in [-0.15, -0.1) is 12.4 Å². The van der Waals surface area contributed by atoms with Crippen molar-refractivity contribution in [1.82, 2.24) is 9.79 Å². The van der Waals surface area contributed by atoms with Crippen molar-refractivity contribution in [3.05, 3.63) is 40.9 Å². The van der Waals surface area contributed by atoms with Crippen molar-refractivity contribution in [1.29, 1.82) is 0 Å². The molecule has 0 atom stereocenters. The fourth-order valence-corrected chi connectivity index (χ4v) is 3.44. The predicted octanol–water partition coefficient (Wildman–Crippen LogP) is 1.98. The Labute approximate surface area is 151 Å². The van der Waals surface area contributed by atoms with Crippen LogP contribution < -0.4 is 11.1 Å². The monoisotopic (exact) mass is 370 g/mol. The second-order valence-electron chi connectivity index (χ2n) is 6.21. The Morgan fingerprint density at radius 2 is 2.08 bits per heavy atom. The first kappa shape index (κ1) is 19.4. The predicted molar refractivity (Wildman–Crippen MR) is 98.2 cm³/mol. The molecule has 3 N–H and O–H groups in total. The van der Waals surface area contributed by atoms with Gasteiger partial charge in [0.1, 0.15) is 5.71 Å². The van der Waals surface area contributed by atoms with Crippen molar-refractivity contribution in [2.45, 2.75) is 26.7 Å². The van der Waals surface area contributed by atoms with E-state index in [9.17, 15) is 4.79 Å². The van der Waals surface area contributed by atoms with Crippen LogP contribution in [0.25, 0.3) is 6.08 Å². The minimum absolute atomic E-state index is 0. The molecule has 0 radical (unpaired) electrons. The van der Waals surface area contributed by atoms with E-state index in [1.807, 2.05) is 6.92 Å². The number of aryl methyl sites for hydroxylation is 2. The van der Waals surface area contributed by atoms with E-state index in [0.717, 1.165) is 14.5 Å². The maximum absolute atomic E-state index is 15.1. The zero-order valence-corrected chi connectivity index (χ0v) is 15.1. The molecular weight excluding hydrogens is 348 g/mol. The summed E-state index contributed by atoms with van der Waals surface area (Å²) in [6.07, 6.45) is 5.56. The molecule has 25 heavy (non-hydrogen) atoms. The first-order valence-corrected chi connectivity index (χ1v) is 8.09. The normalized spacial score (nSPS) is 16.9. The zero-order valence-electron chi connectivity index (χ0n) is 14.3. The molecule has 0 spiro atoms. The van der Waals surface area contributed by atoms with Gasteiger partial charge >= 0.3 is 6.97 Å². The highest BCUT2D eigenvalue weighted by Gasteiger charge is 2.52. The number of fused-ring (bicyclic) bond motifs is 2. The van der Waals surface area contributed by atoms with E-state index >= 15 is 8.63 Å². The Hall–Kier alpha value is -1.93. The second-order valence-corrected chi connectivity index (χ2v) is 6.21. The van der Waals surface area contributed by atoms with Gasteiger partial charge in [-0.1, -0.05) is 0 Å². The van der Waals surface area contributed by atoms with Gasteiger partial charge in [0.05, 0.1) is 0 Å². The fourth-order valence-electron chi connectivity index (χ4n) is 3.44. The van der Waals surface area contributed by atoms with Gasteiger partial charge in [0.2, 0.25) is 5.91 Å². The van der Waals surface area contributed by atoms with E-state index in [0.29, 0.717) is 35.9 Å². The van der Waals surface area contributed by atoms with Crippen molar-refractivity contribution in [2.24, 2.45) is 5.73 Å². The molecule has 0 saturated carbocycles. The summed E-state index contributed by atoms with van der Waals surface area (Å²) in [5.41, 5.74) is 8.20. The van der Waals surface area contributed by atoms with Crippen LogP contribution in [0, 0.1) is 13.8 Å². The largest absolute Gasteiger partial charge is 0.737 e. The molecule has 0 fully saturated rings. The number of hydrogen-bond donors (Lipinski definition) is 2. The summed E-state index contributed by atoms with van der Waals surface area (Å²) in [5.74, 6) is -0.180. The van der Waals surface area contributed by atoms with Crippen molar-refractivity contribution < 1.29 is 17.9 Å². The summed E-state index contributed by atoms with van der Waals surface area (Å²) in [6.45, 7) is 0.319. The quantitative estimate of drug-likeness (QED) is 0.779. The van der Waals surface area contributed by atoms with Crippen LogP contribution in [0.2, 0.25) is 0 Å². The smallest absolute Gasteiger partial charge is 0.394 e. The molecule has 0 aromatic carbocycles. The van der Waals surface area contributed by atoms with Crippen LogP contribution in [-0.2, 0) is 4.79 Å². The van der Waals surface area contributed by atoms with E-state index in [2.05, 4.69) is 5.32 Å². The highest BCUT2D eigenvalue weighted by Crippen LogP contribution is 2.34. The van der Waals surface area contributed by atoms with Crippen molar-refractivity contribution in [3.8, 4) is 0 Å². The Balaban J connectivity index is 0.00000225. The van der Waals surface area contributed by atoms with Crippen LogP contribution in [0.5, 0.6) is 0 Å². The first-order chi connectivity index (χ1) is 11.4. The van der Waals surface area contributed by atoms with Gasteiger partial charge in [-0.05, 0) is 31.2 Å². The molecule has 3 heterocycles. The number of carbonyl (C=O) groups excluding carboxylic acids is 1. The lowest BCUT2D eigenvalue weighted by atomic mass is 9.90. The molecule has 0 bridgehead atoms. The molecule has 5 nitrogen and oxygen atoms in total. The summed E-state index contributed by atoms with van der Waals surface area (Å²) in [4.78, 5) is 11.7. The first-order valence-electron chi connectivity index (χ1n) is 8.09. The molecule has 1 aromatic heterocycles. The summed E-state index contributed by atoms with van der Waals surface area (Å²) < 4.78 is 32.5. The maximum atomic E-state index is 15.1. The average Bonchev–Trinajstić information content (AvgIpc) is 3.05. The summed E-state index contributed by atoms with van der Waals surface area (Å²) in [7, 11) is 0. The molecule has 2 aliphatic rings. The zero-order chi connectivity index (χ0) is 17.5. The maximum Gasteiger partial charge on any atom is 0.737 e. The van der Waals surface area contributed by atoms with Crippen LogP contribution >= 0.6 is 12.4 Å². The highest BCUT2D eigenvalue weighted by atomic mass is 35.5. The second kappa shape index (κ2) is 7.13. The molecular formula is C16H22BClF2N4O. The van der Waals surface area contributed by atoms with E-state index in [4.69, 9.17) is 5.73 Å². The molecule has 0 aliphatic carbocycles. The molecule has 2 aliphatic heterocycles. The fraction of sp³-hybridized carbons (Fsp3) is 0.375. The lowest BCUT2D eigenvalue weighted by Gasteiger charge is -2.30. The van der Waals surface area contributed by atoms with Crippen molar-refractivity contribution in [2.75, 3.05) is 13.1 Å². The van der Waals surface area contributed by atoms with Crippen LogP contribution in [-0.4, -0.2) is 40.6 Å². The molecule has 1 aromatic rings. The van der Waals surface area contributed by atoms with Crippen molar-refractivity contribution >= 4 is 37.1 Å². The van der Waals surface area contributed by atoms with Crippen LogP contribution in [0.15, 0.2) is 23.9 Å². The summed E-state index contributed by atoms with van der Waals surface area (Å²) in [6, 6.07) is 1.77. The summed E-state index contributed by atoms with van der Waals surface area (Å²) in [5, 5.41) is 2.66. The van der Waals surface area contributed by atoms with Gasteiger partial charge in [0, 0.05) is 49.9 Å². The molecule has 0 saturated heterocycles. The van der Waals surface area contributed by atoms with Gasteiger partial charge in [0.15, 0.2) is 5.70 Å². The topological polar surface area (TPSA) is 63.1 Å². The summed E-state index contributed by atoms with van der Waals surface area (Å²) >= 11 is 0. The molecule has 9 heteroatoms. The molecule has 1 amide bonds. The number of carbonyl (C=O) groups is 1. The average molecular weight is 371 g/mol. The minimum atomic E-state index is -3.96. The number of amides is 1. The Morgan fingerprint density at radius 3 is 2.76 bits per heavy atom. The number of allylic oxidation sites excluding steroid dienone is 2. The lowest BCUT2D eigenvalue weighted by Crippen LogP contribution is -2.50. The van der Waals surface area contributed by atoms with Crippen LogP contribution in [0.4, 0.5) is 8.63 Å². The number of nitrogens with two attached hydrogens (primary N) is 1. The van der Waals surface area contributed by atoms with Gasteiger partial charge in [0.25, 0.3) is 0 Å². The minimum Gasteiger partial charge on any atom is -0.394 e. The van der Waals surface area contributed by atoms with E-state index in [-0.39, 0.29) is 31.2 Å². The van der Waals surface area contributed by atoms with Crippen molar-refractivity contribution in [3.63, 3.8) is 0 Å². The van der Waals surface area contributed by atoms with E-state index in [1.54, 1.807) is 31.2 Å². The van der Waals surface area contributed by atoms with Crippen LogP contribution in [0.1, 0.15) is 29.8 Å². The standard InChI is InChI=1S/C16H21BF2N4O.ClH/c1-11-9-12(2)22-15(11)10-14-4-3-13(23(14)17(22,18)19)5-6-16(24)21-8-7-20;/h3-4,9-10H,5-8,20H2,1-2H3,(H,21,24);1H. The number of nitrogens with zero attached hydrogens (tertiary/aromatic N) is 2. The van der Waals surface area contributed by atoms with Gasteiger partial charge in [-0.25, -0.2) is 0 Å².